The van der Waals surface area contributed by atoms with Gasteiger partial charge in [0.1, 0.15) is 6.61 Å². The van der Waals surface area contributed by atoms with Crippen LogP contribution < -0.4 is 5.32 Å². The van der Waals surface area contributed by atoms with Gasteiger partial charge in [0.25, 0.3) is 0 Å². The Morgan fingerprint density at radius 1 is 1.37 bits per heavy atom. The molecule has 0 aromatic carbocycles. The van der Waals surface area contributed by atoms with Gasteiger partial charge in [-0.25, -0.2) is 0 Å². The van der Waals surface area contributed by atoms with Crippen molar-refractivity contribution in [2.24, 2.45) is 0 Å². The van der Waals surface area contributed by atoms with E-state index in [4.69, 9.17) is 4.74 Å². The van der Waals surface area contributed by atoms with Crippen LogP contribution in [-0.4, -0.2) is 30.9 Å². The lowest BCUT2D eigenvalue weighted by Gasteiger charge is -2.19. The lowest BCUT2D eigenvalue weighted by Crippen LogP contribution is -2.28. The Morgan fingerprint density at radius 2 is 2.11 bits per heavy atom. The summed E-state index contributed by atoms with van der Waals surface area (Å²) in [6.45, 7) is 3.32. The summed E-state index contributed by atoms with van der Waals surface area (Å²) in [6, 6.07) is 3.42. The number of rotatable bonds is 7. The molecule has 0 radical (unpaired) electrons. The zero-order chi connectivity index (χ0) is 14.3. The molecule has 1 aromatic heterocycles. The summed E-state index contributed by atoms with van der Waals surface area (Å²) in [4.78, 5) is 4.15. The molecule has 1 atom stereocenters. The summed E-state index contributed by atoms with van der Waals surface area (Å²) < 4.78 is 40.9. The van der Waals surface area contributed by atoms with Crippen LogP contribution in [0.25, 0.3) is 0 Å². The van der Waals surface area contributed by atoms with Gasteiger partial charge in [0.05, 0.1) is 12.6 Å². The molecule has 0 bridgehead atoms. The molecule has 0 fully saturated rings. The second-order valence-corrected chi connectivity index (χ2v) is 4.37. The zero-order valence-corrected chi connectivity index (χ0v) is 11.1. The first-order valence-electron chi connectivity index (χ1n) is 6.23. The summed E-state index contributed by atoms with van der Waals surface area (Å²) in [5.41, 5.74) is 1.70. The molecule has 0 aliphatic rings. The number of alkyl halides is 3. The SMILES string of the molecule is CCCNC(COCC(F)(F)F)c1ccc(C)nc1. The number of nitrogens with zero attached hydrogens (tertiary/aromatic N) is 1. The first-order chi connectivity index (χ1) is 8.92. The molecule has 0 aliphatic heterocycles. The molecule has 0 aliphatic carbocycles. The van der Waals surface area contributed by atoms with E-state index in [1.807, 2.05) is 26.0 Å². The molecule has 3 nitrogen and oxygen atoms in total. The molecular weight excluding hydrogens is 257 g/mol. The molecule has 1 rings (SSSR count). The fraction of sp³-hybridized carbons (Fsp3) is 0.615. The van der Waals surface area contributed by atoms with Crippen molar-refractivity contribution in [3.63, 3.8) is 0 Å². The van der Waals surface area contributed by atoms with E-state index in [-0.39, 0.29) is 12.6 Å². The predicted octanol–water partition coefficient (Wildman–Crippen LogP) is 3.01. The van der Waals surface area contributed by atoms with E-state index < -0.39 is 12.8 Å². The predicted molar refractivity (Wildman–Crippen MR) is 66.9 cm³/mol. The van der Waals surface area contributed by atoms with E-state index >= 15 is 0 Å². The third-order valence-electron chi connectivity index (χ3n) is 2.53. The lowest BCUT2D eigenvalue weighted by molar-refractivity contribution is -0.175. The first-order valence-corrected chi connectivity index (χ1v) is 6.23. The minimum Gasteiger partial charge on any atom is -0.370 e. The maximum Gasteiger partial charge on any atom is 0.411 e. The maximum atomic E-state index is 12.1. The van der Waals surface area contributed by atoms with Crippen LogP contribution in [0.3, 0.4) is 0 Å². The minimum atomic E-state index is -4.29. The van der Waals surface area contributed by atoms with Crippen molar-refractivity contribution in [1.29, 1.82) is 0 Å². The van der Waals surface area contributed by atoms with E-state index in [0.717, 1.165) is 17.7 Å². The number of aryl methyl sites for hydroxylation is 1. The summed E-state index contributed by atoms with van der Waals surface area (Å²) in [6.07, 6.45) is -1.73. The Kier molecular flexibility index (Phi) is 6.24. The molecule has 1 N–H and O–H groups in total. The first kappa shape index (κ1) is 15.9. The lowest BCUT2D eigenvalue weighted by atomic mass is 10.1. The fourth-order valence-corrected chi connectivity index (χ4v) is 1.57. The molecule has 0 amide bonds. The molecule has 0 spiro atoms. The van der Waals surface area contributed by atoms with Crippen LogP contribution in [0.15, 0.2) is 18.3 Å². The molecule has 1 heterocycles. The zero-order valence-electron chi connectivity index (χ0n) is 11.1. The van der Waals surface area contributed by atoms with Crippen LogP contribution in [0, 0.1) is 6.92 Å². The molecule has 1 aromatic rings. The third kappa shape index (κ3) is 6.54. The van der Waals surface area contributed by atoms with E-state index in [1.54, 1.807) is 6.20 Å². The molecular formula is C13H19F3N2O. The smallest absolute Gasteiger partial charge is 0.370 e. The van der Waals surface area contributed by atoms with Crippen LogP contribution in [0.2, 0.25) is 0 Å². The Morgan fingerprint density at radius 3 is 2.63 bits per heavy atom. The van der Waals surface area contributed by atoms with E-state index in [0.29, 0.717) is 6.54 Å². The van der Waals surface area contributed by atoms with Crippen LogP contribution in [0.1, 0.15) is 30.6 Å². The van der Waals surface area contributed by atoms with Gasteiger partial charge < -0.3 is 10.1 Å². The van der Waals surface area contributed by atoms with Crippen molar-refractivity contribution < 1.29 is 17.9 Å². The molecule has 19 heavy (non-hydrogen) atoms. The van der Waals surface area contributed by atoms with Gasteiger partial charge in [0, 0.05) is 11.9 Å². The monoisotopic (exact) mass is 276 g/mol. The number of nitrogens with one attached hydrogen (secondary N) is 1. The van der Waals surface area contributed by atoms with Gasteiger partial charge >= 0.3 is 6.18 Å². The van der Waals surface area contributed by atoms with Crippen molar-refractivity contribution in [2.45, 2.75) is 32.5 Å². The van der Waals surface area contributed by atoms with E-state index in [1.165, 1.54) is 0 Å². The number of halogens is 3. The molecule has 1 unspecified atom stereocenters. The van der Waals surface area contributed by atoms with Gasteiger partial charge in [-0.1, -0.05) is 13.0 Å². The van der Waals surface area contributed by atoms with Crippen LogP contribution in [0.5, 0.6) is 0 Å². The number of hydrogen-bond donors (Lipinski definition) is 1. The second-order valence-electron chi connectivity index (χ2n) is 4.37. The number of pyridine rings is 1. The highest BCUT2D eigenvalue weighted by Crippen LogP contribution is 2.17. The van der Waals surface area contributed by atoms with E-state index in [2.05, 4.69) is 10.3 Å². The van der Waals surface area contributed by atoms with E-state index in [9.17, 15) is 13.2 Å². The average Bonchev–Trinajstić information content (AvgIpc) is 2.33. The van der Waals surface area contributed by atoms with Gasteiger partial charge in [-0.3, -0.25) is 4.98 Å². The maximum absolute atomic E-state index is 12.1. The molecule has 0 saturated carbocycles. The Labute approximate surface area is 111 Å². The van der Waals surface area contributed by atoms with Crippen molar-refractivity contribution >= 4 is 0 Å². The van der Waals surface area contributed by atoms with Crippen molar-refractivity contribution in [3.8, 4) is 0 Å². The Balaban J connectivity index is 2.58. The highest BCUT2D eigenvalue weighted by Gasteiger charge is 2.28. The number of hydrogen-bond acceptors (Lipinski definition) is 3. The number of ether oxygens (including phenoxy) is 1. The van der Waals surface area contributed by atoms with Gasteiger partial charge in [-0.15, -0.1) is 0 Å². The molecule has 0 saturated heterocycles. The topological polar surface area (TPSA) is 34.1 Å². The third-order valence-corrected chi connectivity index (χ3v) is 2.53. The Bertz CT molecular complexity index is 365. The Hall–Kier alpha value is -1.14. The molecule has 6 heteroatoms. The standard InChI is InChI=1S/C13H19F3N2O/c1-3-6-17-12(8-19-9-13(14,15)16)11-5-4-10(2)18-7-11/h4-5,7,12,17H,3,6,8-9H2,1-2H3. The second kappa shape index (κ2) is 7.45. The quantitative estimate of drug-likeness (QED) is 0.831. The van der Waals surface area contributed by atoms with Crippen LogP contribution in [0.4, 0.5) is 13.2 Å². The van der Waals surface area contributed by atoms with Gasteiger partial charge in [-0.05, 0) is 31.5 Å². The normalized spacial score (nSPS) is 13.5. The summed E-state index contributed by atoms with van der Waals surface area (Å²) in [5.74, 6) is 0. The minimum absolute atomic E-state index is 0.0236. The van der Waals surface area contributed by atoms with Crippen molar-refractivity contribution in [1.82, 2.24) is 10.3 Å². The van der Waals surface area contributed by atoms with Crippen molar-refractivity contribution in [2.75, 3.05) is 19.8 Å². The van der Waals surface area contributed by atoms with Gasteiger partial charge in [0.2, 0.25) is 0 Å². The van der Waals surface area contributed by atoms with Crippen LogP contribution in [-0.2, 0) is 4.74 Å². The largest absolute Gasteiger partial charge is 0.411 e. The molecule has 108 valence electrons. The summed E-state index contributed by atoms with van der Waals surface area (Å²) in [7, 11) is 0. The summed E-state index contributed by atoms with van der Waals surface area (Å²) >= 11 is 0. The van der Waals surface area contributed by atoms with Crippen molar-refractivity contribution in [3.05, 3.63) is 29.6 Å². The highest BCUT2D eigenvalue weighted by molar-refractivity contribution is 5.17. The summed E-state index contributed by atoms with van der Waals surface area (Å²) in [5, 5.41) is 3.16. The average molecular weight is 276 g/mol. The number of aromatic nitrogens is 1. The van der Waals surface area contributed by atoms with Crippen LogP contribution >= 0.6 is 0 Å². The van der Waals surface area contributed by atoms with Gasteiger partial charge in [0.15, 0.2) is 0 Å². The highest BCUT2D eigenvalue weighted by atomic mass is 19.4. The van der Waals surface area contributed by atoms with Gasteiger partial charge in [-0.2, -0.15) is 13.2 Å². The fourth-order valence-electron chi connectivity index (χ4n) is 1.57.